The summed E-state index contributed by atoms with van der Waals surface area (Å²) in [6, 6.07) is 16.1. The van der Waals surface area contributed by atoms with E-state index in [0.717, 1.165) is 36.9 Å². The summed E-state index contributed by atoms with van der Waals surface area (Å²) < 4.78 is 0. The van der Waals surface area contributed by atoms with Gasteiger partial charge in [-0.15, -0.1) is 0 Å². The van der Waals surface area contributed by atoms with Crippen LogP contribution in [-0.4, -0.2) is 12.3 Å². The van der Waals surface area contributed by atoms with Crippen molar-refractivity contribution in [3.8, 4) is 0 Å². The monoisotopic (exact) mass is 279 g/mol. The van der Waals surface area contributed by atoms with Crippen molar-refractivity contribution in [3.63, 3.8) is 0 Å². The maximum absolute atomic E-state index is 12.8. The number of carbonyl (C=O) groups is 1. The highest BCUT2D eigenvalue weighted by atomic mass is 16.1. The third kappa shape index (κ3) is 2.91. The van der Waals surface area contributed by atoms with E-state index in [4.69, 9.17) is 0 Å². The molecule has 1 aliphatic rings. The first-order chi connectivity index (χ1) is 10.3. The zero-order chi connectivity index (χ0) is 14.7. The molecule has 0 amide bonds. The van der Waals surface area contributed by atoms with Crippen LogP contribution in [0, 0.1) is 0 Å². The van der Waals surface area contributed by atoms with Crippen LogP contribution in [0.1, 0.15) is 46.4 Å². The molecule has 0 aliphatic carbocycles. The number of aryl methyl sites for hydroxylation is 1. The Balaban J connectivity index is 1.86. The average Bonchev–Trinajstić information content (AvgIpc) is 2.55. The Morgan fingerprint density at radius 3 is 2.67 bits per heavy atom. The highest BCUT2D eigenvalue weighted by molar-refractivity contribution is 6.01. The largest absolute Gasteiger partial charge is 0.303 e. The van der Waals surface area contributed by atoms with Crippen molar-refractivity contribution >= 4 is 5.78 Å². The predicted octanol–water partition coefficient (Wildman–Crippen LogP) is 3.71. The molecular formula is C19H21NO. The van der Waals surface area contributed by atoms with Gasteiger partial charge in [0.15, 0.2) is 5.78 Å². The Hall–Kier alpha value is -1.93. The van der Waals surface area contributed by atoms with Crippen LogP contribution in [0.3, 0.4) is 0 Å². The molecule has 2 aromatic rings. The maximum atomic E-state index is 12.8. The molecule has 1 heterocycles. The summed E-state index contributed by atoms with van der Waals surface area (Å²) in [4.78, 5) is 12.8. The summed E-state index contributed by atoms with van der Waals surface area (Å²) in [5, 5.41) is 3.36. The lowest BCUT2D eigenvalue weighted by Gasteiger charge is -2.26. The number of hydrogen-bond acceptors (Lipinski definition) is 2. The van der Waals surface area contributed by atoms with Crippen molar-refractivity contribution in [2.45, 2.75) is 32.2 Å². The molecule has 1 atom stereocenters. The van der Waals surface area contributed by atoms with Gasteiger partial charge in [0.05, 0.1) is 6.04 Å². The van der Waals surface area contributed by atoms with Crippen LogP contribution in [0.4, 0.5) is 0 Å². The van der Waals surface area contributed by atoms with Crippen molar-refractivity contribution in [2.24, 2.45) is 0 Å². The molecule has 0 aromatic heterocycles. The van der Waals surface area contributed by atoms with E-state index in [1.165, 1.54) is 11.1 Å². The first kappa shape index (κ1) is 14.0. The van der Waals surface area contributed by atoms with Gasteiger partial charge in [-0.25, -0.2) is 0 Å². The summed E-state index contributed by atoms with van der Waals surface area (Å²) in [6.45, 7) is 3.03. The van der Waals surface area contributed by atoms with Crippen molar-refractivity contribution in [1.82, 2.24) is 5.32 Å². The second-order valence-corrected chi connectivity index (χ2v) is 5.65. The summed E-state index contributed by atoms with van der Waals surface area (Å²) in [5.74, 6) is 0.171. The Morgan fingerprint density at radius 1 is 1.14 bits per heavy atom. The summed E-state index contributed by atoms with van der Waals surface area (Å²) >= 11 is 0. The smallest absolute Gasteiger partial charge is 0.184 e. The van der Waals surface area contributed by atoms with E-state index in [0.29, 0.717) is 0 Å². The van der Waals surface area contributed by atoms with Crippen LogP contribution in [0.5, 0.6) is 0 Å². The quantitative estimate of drug-likeness (QED) is 0.864. The van der Waals surface area contributed by atoms with E-state index in [-0.39, 0.29) is 11.8 Å². The standard InChI is InChI=1S/C19H21NO/c1-2-5-14-8-10-16(11-9-14)19(21)18-17-7-4-3-6-15(17)12-13-20-18/h3-4,6-11,18,20H,2,5,12-13H2,1H3. The van der Waals surface area contributed by atoms with Crippen LogP contribution in [-0.2, 0) is 12.8 Å². The van der Waals surface area contributed by atoms with E-state index in [9.17, 15) is 4.79 Å². The molecule has 2 aromatic carbocycles. The van der Waals surface area contributed by atoms with Crippen molar-refractivity contribution in [3.05, 3.63) is 70.8 Å². The molecule has 0 radical (unpaired) electrons. The number of carbonyl (C=O) groups excluding carboxylic acids is 1. The van der Waals surface area contributed by atoms with Gasteiger partial charge in [0, 0.05) is 12.1 Å². The van der Waals surface area contributed by atoms with E-state index >= 15 is 0 Å². The Morgan fingerprint density at radius 2 is 1.90 bits per heavy atom. The summed E-state index contributed by atoms with van der Waals surface area (Å²) in [6.07, 6.45) is 3.19. The van der Waals surface area contributed by atoms with Gasteiger partial charge in [-0.1, -0.05) is 61.9 Å². The molecular weight excluding hydrogens is 258 g/mol. The molecule has 1 N–H and O–H groups in total. The normalized spacial score (nSPS) is 17.3. The minimum atomic E-state index is -0.202. The van der Waals surface area contributed by atoms with Crippen LogP contribution in [0.25, 0.3) is 0 Å². The van der Waals surface area contributed by atoms with Gasteiger partial charge < -0.3 is 5.32 Å². The van der Waals surface area contributed by atoms with Crippen molar-refractivity contribution in [1.29, 1.82) is 0 Å². The van der Waals surface area contributed by atoms with E-state index < -0.39 is 0 Å². The molecule has 0 saturated heterocycles. The van der Waals surface area contributed by atoms with E-state index in [1.54, 1.807) is 0 Å². The van der Waals surface area contributed by atoms with Crippen molar-refractivity contribution < 1.29 is 4.79 Å². The molecule has 1 unspecified atom stereocenters. The lowest BCUT2D eigenvalue weighted by molar-refractivity contribution is 0.0939. The maximum Gasteiger partial charge on any atom is 0.184 e. The molecule has 0 bridgehead atoms. The lowest BCUT2D eigenvalue weighted by atomic mass is 9.89. The number of nitrogens with one attached hydrogen (secondary N) is 1. The fraction of sp³-hybridized carbons (Fsp3) is 0.316. The number of Topliss-reactive ketones (excluding diaryl/α,β-unsaturated/α-hetero) is 1. The first-order valence-corrected chi connectivity index (χ1v) is 7.74. The van der Waals surface area contributed by atoms with Crippen molar-refractivity contribution in [2.75, 3.05) is 6.54 Å². The van der Waals surface area contributed by atoms with Gasteiger partial charge in [-0.2, -0.15) is 0 Å². The third-order valence-electron chi connectivity index (χ3n) is 4.15. The Labute approximate surface area is 126 Å². The molecule has 21 heavy (non-hydrogen) atoms. The number of ketones is 1. The molecule has 108 valence electrons. The van der Waals surface area contributed by atoms with Gasteiger partial charge >= 0.3 is 0 Å². The highest BCUT2D eigenvalue weighted by Crippen LogP contribution is 2.26. The Bertz CT molecular complexity index is 630. The van der Waals surface area contributed by atoms with E-state index in [1.807, 2.05) is 24.3 Å². The summed E-state index contributed by atoms with van der Waals surface area (Å²) in [5.41, 5.74) is 4.51. The SMILES string of the molecule is CCCc1ccc(C(=O)C2NCCc3ccccc32)cc1. The van der Waals surface area contributed by atoms with Gasteiger partial charge in [0.25, 0.3) is 0 Å². The fourth-order valence-corrected chi connectivity index (χ4v) is 3.03. The van der Waals surface area contributed by atoms with Gasteiger partial charge in [0.2, 0.25) is 0 Å². The lowest BCUT2D eigenvalue weighted by Crippen LogP contribution is -2.35. The number of benzene rings is 2. The average molecular weight is 279 g/mol. The molecule has 3 rings (SSSR count). The zero-order valence-electron chi connectivity index (χ0n) is 12.4. The molecule has 0 saturated carbocycles. The fourth-order valence-electron chi connectivity index (χ4n) is 3.03. The van der Waals surface area contributed by atoms with Crippen LogP contribution in [0.15, 0.2) is 48.5 Å². The molecule has 1 aliphatic heterocycles. The molecule has 0 spiro atoms. The summed E-state index contributed by atoms with van der Waals surface area (Å²) in [7, 11) is 0. The second-order valence-electron chi connectivity index (χ2n) is 5.65. The minimum Gasteiger partial charge on any atom is -0.303 e. The Kier molecular flexibility index (Phi) is 4.16. The second kappa shape index (κ2) is 6.23. The molecule has 0 fully saturated rings. The number of rotatable bonds is 4. The number of fused-ring (bicyclic) bond motifs is 1. The predicted molar refractivity (Wildman–Crippen MR) is 85.7 cm³/mol. The van der Waals surface area contributed by atoms with Gasteiger partial charge in [-0.05, 0) is 29.5 Å². The first-order valence-electron chi connectivity index (χ1n) is 7.74. The number of hydrogen-bond donors (Lipinski definition) is 1. The molecule has 2 nitrogen and oxygen atoms in total. The highest BCUT2D eigenvalue weighted by Gasteiger charge is 2.26. The third-order valence-corrected chi connectivity index (χ3v) is 4.15. The van der Waals surface area contributed by atoms with Crippen LogP contribution in [0.2, 0.25) is 0 Å². The zero-order valence-corrected chi connectivity index (χ0v) is 12.4. The van der Waals surface area contributed by atoms with Crippen LogP contribution < -0.4 is 5.32 Å². The topological polar surface area (TPSA) is 29.1 Å². The minimum absolute atomic E-state index is 0.171. The molecule has 2 heteroatoms. The van der Waals surface area contributed by atoms with Gasteiger partial charge in [0.1, 0.15) is 0 Å². The van der Waals surface area contributed by atoms with Gasteiger partial charge in [-0.3, -0.25) is 4.79 Å². The van der Waals surface area contributed by atoms with Crippen LogP contribution >= 0.6 is 0 Å². The van der Waals surface area contributed by atoms with E-state index in [2.05, 4.69) is 36.5 Å².